The van der Waals surface area contributed by atoms with Crippen LogP contribution in [0.1, 0.15) is 26.7 Å². The molecule has 1 N–H and O–H groups in total. The summed E-state index contributed by atoms with van der Waals surface area (Å²) in [4.78, 5) is 16.2. The molecule has 92 valence electrons. The number of amides is 1. The number of rotatable bonds is 2. The fourth-order valence-electron chi connectivity index (χ4n) is 2.60. The fraction of sp³-hybridized carbons (Fsp3) is 0.917. The minimum Gasteiger partial charge on any atom is -0.328 e. The second-order valence-corrected chi connectivity index (χ2v) is 5.73. The van der Waals surface area contributed by atoms with Gasteiger partial charge in [0.15, 0.2) is 0 Å². The van der Waals surface area contributed by atoms with Gasteiger partial charge in [-0.2, -0.15) is 0 Å². The summed E-state index contributed by atoms with van der Waals surface area (Å²) < 4.78 is 0. The Labute approximate surface area is 98.0 Å². The third-order valence-electron chi connectivity index (χ3n) is 4.04. The van der Waals surface area contributed by atoms with Crippen LogP contribution in [0.25, 0.3) is 0 Å². The average Bonchev–Trinajstić information content (AvgIpc) is 2.55. The van der Waals surface area contributed by atoms with Gasteiger partial charge in [0.1, 0.15) is 0 Å². The van der Waals surface area contributed by atoms with Gasteiger partial charge < -0.3 is 9.80 Å². The summed E-state index contributed by atoms with van der Waals surface area (Å²) in [5, 5.41) is 3.20. The molecule has 0 bridgehead atoms. The van der Waals surface area contributed by atoms with E-state index in [0.29, 0.717) is 5.41 Å². The summed E-state index contributed by atoms with van der Waals surface area (Å²) in [5.41, 5.74) is 0.313. The zero-order valence-electron chi connectivity index (χ0n) is 10.6. The van der Waals surface area contributed by atoms with Crippen LogP contribution in [0.4, 0.5) is 0 Å². The lowest BCUT2D eigenvalue weighted by molar-refractivity contribution is -0.130. The summed E-state index contributed by atoms with van der Waals surface area (Å²) in [5.74, 6) is 0.264. The average molecular weight is 225 g/mol. The van der Waals surface area contributed by atoms with Gasteiger partial charge in [0.05, 0.1) is 12.7 Å². The molecule has 2 aliphatic rings. The third kappa shape index (κ3) is 2.38. The third-order valence-corrected chi connectivity index (χ3v) is 4.04. The molecule has 0 aromatic rings. The van der Waals surface area contributed by atoms with Gasteiger partial charge in [0.2, 0.25) is 5.91 Å². The fourth-order valence-corrected chi connectivity index (χ4v) is 2.60. The zero-order chi connectivity index (χ0) is 11.8. The lowest BCUT2D eigenvalue weighted by Gasteiger charge is -2.40. The first-order valence-electron chi connectivity index (χ1n) is 6.21. The van der Waals surface area contributed by atoms with Crippen molar-refractivity contribution in [2.75, 3.05) is 33.4 Å². The summed E-state index contributed by atoms with van der Waals surface area (Å²) in [7, 11) is 2.17. The van der Waals surface area contributed by atoms with Gasteiger partial charge in [0.25, 0.3) is 0 Å². The number of hydrogen-bond acceptors (Lipinski definition) is 3. The summed E-state index contributed by atoms with van der Waals surface area (Å²) >= 11 is 0. The van der Waals surface area contributed by atoms with Crippen LogP contribution in [0.2, 0.25) is 0 Å². The molecule has 0 aromatic carbocycles. The monoisotopic (exact) mass is 225 g/mol. The zero-order valence-corrected chi connectivity index (χ0v) is 10.6. The van der Waals surface area contributed by atoms with E-state index >= 15 is 0 Å². The molecule has 2 aliphatic heterocycles. The number of hydrogen-bond donors (Lipinski definition) is 1. The second-order valence-electron chi connectivity index (χ2n) is 5.73. The standard InChI is InChI=1S/C12H23N3O/c1-10-11(16)15(9-13-10)8-12(2)4-6-14(3)7-5-12/h10,13H,4-9H2,1-3H3. The number of carbonyl (C=O) groups excluding carboxylic acids is 1. The predicted octanol–water partition coefficient (Wildman–Crippen LogP) is 0.496. The molecule has 2 heterocycles. The van der Waals surface area contributed by atoms with E-state index in [4.69, 9.17) is 0 Å². The van der Waals surface area contributed by atoms with Gasteiger partial charge in [0, 0.05) is 6.54 Å². The van der Waals surface area contributed by atoms with E-state index in [2.05, 4.69) is 24.2 Å². The molecule has 0 spiro atoms. The lowest BCUT2D eigenvalue weighted by atomic mass is 9.80. The molecule has 2 rings (SSSR count). The van der Waals surface area contributed by atoms with Crippen LogP contribution in [0.5, 0.6) is 0 Å². The van der Waals surface area contributed by atoms with Crippen molar-refractivity contribution in [1.82, 2.24) is 15.1 Å². The smallest absolute Gasteiger partial charge is 0.240 e. The van der Waals surface area contributed by atoms with Crippen molar-refractivity contribution in [1.29, 1.82) is 0 Å². The number of carbonyl (C=O) groups is 1. The molecule has 2 fully saturated rings. The predicted molar refractivity (Wildman–Crippen MR) is 64.0 cm³/mol. The van der Waals surface area contributed by atoms with E-state index in [0.717, 1.165) is 26.3 Å². The quantitative estimate of drug-likeness (QED) is 0.743. The highest BCUT2D eigenvalue weighted by Crippen LogP contribution is 2.31. The highest BCUT2D eigenvalue weighted by atomic mass is 16.2. The molecular formula is C12H23N3O. The molecule has 4 heteroatoms. The Morgan fingerprint density at radius 3 is 2.56 bits per heavy atom. The largest absolute Gasteiger partial charge is 0.328 e. The summed E-state index contributed by atoms with van der Waals surface area (Å²) in [6.07, 6.45) is 2.39. The van der Waals surface area contributed by atoms with Crippen molar-refractivity contribution in [3.63, 3.8) is 0 Å². The molecule has 2 saturated heterocycles. The van der Waals surface area contributed by atoms with Crippen LogP contribution in [0, 0.1) is 5.41 Å². The van der Waals surface area contributed by atoms with Crippen LogP contribution in [-0.4, -0.2) is 55.1 Å². The van der Waals surface area contributed by atoms with Crippen LogP contribution >= 0.6 is 0 Å². The van der Waals surface area contributed by atoms with E-state index in [9.17, 15) is 4.79 Å². The van der Waals surface area contributed by atoms with Crippen LogP contribution in [0.3, 0.4) is 0 Å². The van der Waals surface area contributed by atoms with E-state index in [1.165, 1.54) is 12.8 Å². The highest BCUT2D eigenvalue weighted by molar-refractivity contribution is 5.83. The molecule has 1 amide bonds. The topological polar surface area (TPSA) is 35.6 Å². The van der Waals surface area contributed by atoms with Gasteiger partial charge in [-0.15, -0.1) is 0 Å². The summed E-state index contributed by atoms with van der Waals surface area (Å²) in [6, 6.07) is 0.00913. The Kier molecular flexibility index (Phi) is 3.22. The Balaban J connectivity index is 1.91. The normalized spacial score (nSPS) is 31.1. The van der Waals surface area contributed by atoms with Gasteiger partial charge in [-0.3, -0.25) is 10.1 Å². The van der Waals surface area contributed by atoms with Crippen LogP contribution < -0.4 is 5.32 Å². The van der Waals surface area contributed by atoms with Crippen molar-refractivity contribution < 1.29 is 4.79 Å². The highest BCUT2D eigenvalue weighted by Gasteiger charge is 2.35. The van der Waals surface area contributed by atoms with E-state index < -0.39 is 0 Å². The Bertz CT molecular complexity index is 271. The number of nitrogens with one attached hydrogen (secondary N) is 1. The maximum absolute atomic E-state index is 11.8. The molecule has 0 aliphatic carbocycles. The molecule has 4 nitrogen and oxygen atoms in total. The molecular weight excluding hydrogens is 202 g/mol. The number of piperidine rings is 1. The van der Waals surface area contributed by atoms with Gasteiger partial charge in [-0.1, -0.05) is 6.92 Å². The summed E-state index contributed by atoms with van der Waals surface area (Å²) in [6.45, 7) is 8.21. The first-order chi connectivity index (χ1) is 7.50. The van der Waals surface area contributed by atoms with Crippen LogP contribution in [-0.2, 0) is 4.79 Å². The molecule has 0 radical (unpaired) electrons. The number of likely N-dealkylation sites (tertiary alicyclic amines) is 1. The lowest BCUT2D eigenvalue weighted by Crippen LogP contribution is -2.44. The van der Waals surface area contributed by atoms with Crippen molar-refractivity contribution >= 4 is 5.91 Å². The van der Waals surface area contributed by atoms with Crippen molar-refractivity contribution in [2.45, 2.75) is 32.7 Å². The Morgan fingerprint density at radius 2 is 2.06 bits per heavy atom. The van der Waals surface area contributed by atoms with Crippen molar-refractivity contribution in [3.8, 4) is 0 Å². The minimum absolute atomic E-state index is 0.00913. The van der Waals surface area contributed by atoms with Gasteiger partial charge >= 0.3 is 0 Å². The molecule has 0 aromatic heterocycles. The Hall–Kier alpha value is -0.610. The van der Waals surface area contributed by atoms with Gasteiger partial charge in [-0.25, -0.2) is 0 Å². The first kappa shape index (κ1) is 11.9. The van der Waals surface area contributed by atoms with Gasteiger partial charge in [-0.05, 0) is 45.3 Å². The first-order valence-corrected chi connectivity index (χ1v) is 6.21. The molecule has 0 saturated carbocycles. The van der Waals surface area contributed by atoms with Crippen LogP contribution in [0.15, 0.2) is 0 Å². The molecule has 16 heavy (non-hydrogen) atoms. The van der Waals surface area contributed by atoms with E-state index in [-0.39, 0.29) is 11.9 Å². The van der Waals surface area contributed by atoms with Crippen molar-refractivity contribution in [3.05, 3.63) is 0 Å². The minimum atomic E-state index is 0.00913. The number of nitrogens with zero attached hydrogens (tertiary/aromatic N) is 2. The maximum Gasteiger partial charge on any atom is 0.240 e. The SMILES string of the molecule is CC1NCN(CC2(C)CCN(C)CC2)C1=O. The van der Waals surface area contributed by atoms with Crippen molar-refractivity contribution in [2.24, 2.45) is 5.41 Å². The van der Waals surface area contributed by atoms with E-state index in [1.54, 1.807) is 0 Å². The maximum atomic E-state index is 11.8. The molecule has 1 atom stereocenters. The molecule has 1 unspecified atom stereocenters. The Morgan fingerprint density at radius 1 is 1.44 bits per heavy atom. The second kappa shape index (κ2) is 4.34. The van der Waals surface area contributed by atoms with E-state index in [1.807, 2.05) is 11.8 Å².